The average molecular weight is 354 g/mol. The Balaban J connectivity index is 1.48. The predicted molar refractivity (Wildman–Crippen MR) is 91.6 cm³/mol. The van der Waals surface area contributed by atoms with Crippen LogP contribution in [0.1, 0.15) is 17.8 Å². The van der Waals surface area contributed by atoms with Crippen molar-refractivity contribution < 1.29 is 9.21 Å². The SMILES string of the molecule is O=C(CCCCl)N1CCN(Cc2nc(-c3ccco3)cs2)CC1. The summed E-state index contributed by atoms with van der Waals surface area (Å²) in [5, 5.41) is 3.11. The van der Waals surface area contributed by atoms with Gasteiger partial charge in [0.05, 0.1) is 12.8 Å². The van der Waals surface area contributed by atoms with Gasteiger partial charge in [0.2, 0.25) is 5.91 Å². The van der Waals surface area contributed by atoms with Crippen LogP contribution in [0.3, 0.4) is 0 Å². The highest BCUT2D eigenvalue weighted by Gasteiger charge is 2.21. The van der Waals surface area contributed by atoms with Crippen molar-refractivity contribution in [1.29, 1.82) is 0 Å². The van der Waals surface area contributed by atoms with Crippen LogP contribution in [0.4, 0.5) is 0 Å². The van der Waals surface area contributed by atoms with Crippen LogP contribution in [0.2, 0.25) is 0 Å². The number of carbonyl (C=O) groups is 1. The molecule has 124 valence electrons. The van der Waals surface area contributed by atoms with Crippen molar-refractivity contribution in [3.63, 3.8) is 0 Å². The molecule has 23 heavy (non-hydrogen) atoms. The molecule has 0 N–H and O–H groups in total. The highest BCUT2D eigenvalue weighted by Crippen LogP contribution is 2.23. The fraction of sp³-hybridized carbons (Fsp3) is 0.500. The Morgan fingerprint density at radius 1 is 1.35 bits per heavy atom. The molecular formula is C16H20ClN3O2S. The number of piperazine rings is 1. The van der Waals surface area contributed by atoms with Gasteiger partial charge < -0.3 is 9.32 Å². The van der Waals surface area contributed by atoms with E-state index in [0.717, 1.165) is 55.6 Å². The lowest BCUT2D eigenvalue weighted by molar-refractivity contribution is -0.133. The zero-order valence-corrected chi connectivity index (χ0v) is 14.5. The number of thiazole rings is 1. The minimum absolute atomic E-state index is 0.222. The number of carbonyl (C=O) groups excluding carboxylic acids is 1. The molecular weight excluding hydrogens is 334 g/mol. The summed E-state index contributed by atoms with van der Waals surface area (Å²) in [6.45, 7) is 4.19. The highest BCUT2D eigenvalue weighted by atomic mass is 35.5. The van der Waals surface area contributed by atoms with Gasteiger partial charge in [0, 0.05) is 43.9 Å². The van der Waals surface area contributed by atoms with E-state index in [-0.39, 0.29) is 5.91 Å². The molecule has 1 amide bonds. The van der Waals surface area contributed by atoms with Crippen molar-refractivity contribution in [2.24, 2.45) is 0 Å². The van der Waals surface area contributed by atoms with Crippen molar-refractivity contribution in [1.82, 2.24) is 14.8 Å². The fourth-order valence-corrected chi connectivity index (χ4v) is 3.60. The second-order valence-electron chi connectivity index (χ2n) is 5.55. The van der Waals surface area contributed by atoms with Gasteiger partial charge in [0.1, 0.15) is 10.7 Å². The van der Waals surface area contributed by atoms with E-state index in [1.807, 2.05) is 22.4 Å². The molecule has 3 heterocycles. The summed E-state index contributed by atoms with van der Waals surface area (Å²) in [5.74, 6) is 1.58. The number of furan rings is 1. The van der Waals surface area contributed by atoms with Crippen LogP contribution in [0, 0.1) is 0 Å². The van der Waals surface area contributed by atoms with Gasteiger partial charge in [0.15, 0.2) is 5.76 Å². The Hall–Kier alpha value is -1.37. The summed E-state index contributed by atoms with van der Waals surface area (Å²) in [4.78, 5) is 20.9. The minimum Gasteiger partial charge on any atom is -0.463 e. The van der Waals surface area contributed by atoms with Gasteiger partial charge in [-0.25, -0.2) is 4.98 Å². The maximum atomic E-state index is 12.0. The zero-order chi connectivity index (χ0) is 16.1. The van der Waals surface area contributed by atoms with Crippen LogP contribution in [0.25, 0.3) is 11.5 Å². The number of halogens is 1. The van der Waals surface area contributed by atoms with Gasteiger partial charge in [-0.2, -0.15) is 0 Å². The standard InChI is InChI=1S/C16H20ClN3O2S/c17-5-1-4-16(21)20-8-6-19(7-9-20)11-15-18-13(12-23-15)14-3-2-10-22-14/h2-3,10,12H,1,4-9,11H2. The molecule has 7 heteroatoms. The number of nitrogens with zero attached hydrogens (tertiary/aromatic N) is 3. The van der Waals surface area contributed by atoms with Crippen LogP contribution in [-0.2, 0) is 11.3 Å². The van der Waals surface area contributed by atoms with Crippen LogP contribution >= 0.6 is 22.9 Å². The first-order chi connectivity index (χ1) is 11.3. The molecule has 0 atom stereocenters. The normalized spacial score (nSPS) is 16.0. The van der Waals surface area contributed by atoms with E-state index < -0.39 is 0 Å². The van der Waals surface area contributed by atoms with E-state index >= 15 is 0 Å². The molecule has 0 aliphatic carbocycles. The van der Waals surface area contributed by atoms with Crippen LogP contribution in [-0.4, -0.2) is 52.8 Å². The summed E-state index contributed by atoms with van der Waals surface area (Å²) >= 11 is 7.30. The summed E-state index contributed by atoms with van der Waals surface area (Å²) in [6, 6.07) is 3.79. The van der Waals surface area contributed by atoms with Crippen LogP contribution < -0.4 is 0 Å². The number of amides is 1. The van der Waals surface area contributed by atoms with Crippen molar-refractivity contribution in [2.75, 3.05) is 32.1 Å². The number of hydrogen-bond donors (Lipinski definition) is 0. The average Bonchev–Trinajstić information content (AvgIpc) is 3.24. The molecule has 3 rings (SSSR count). The van der Waals surface area contributed by atoms with E-state index in [0.29, 0.717) is 12.3 Å². The molecule has 2 aromatic rings. The summed E-state index contributed by atoms with van der Waals surface area (Å²) in [5.41, 5.74) is 0.893. The molecule has 5 nitrogen and oxygen atoms in total. The van der Waals surface area contributed by atoms with Gasteiger partial charge in [-0.3, -0.25) is 9.69 Å². The van der Waals surface area contributed by atoms with Crippen molar-refractivity contribution in [3.8, 4) is 11.5 Å². The number of hydrogen-bond acceptors (Lipinski definition) is 5. The van der Waals surface area contributed by atoms with E-state index in [4.69, 9.17) is 16.0 Å². The topological polar surface area (TPSA) is 49.6 Å². The first-order valence-electron chi connectivity index (χ1n) is 7.80. The summed E-state index contributed by atoms with van der Waals surface area (Å²) in [7, 11) is 0. The molecule has 0 radical (unpaired) electrons. The van der Waals surface area contributed by atoms with Gasteiger partial charge in [0.25, 0.3) is 0 Å². The van der Waals surface area contributed by atoms with Gasteiger partial charge in [-0.1, -0.05) is 0 Å². The molecule has 0 saturated carbocycles. The molecule has 1 saturated heterocycles. The van der Waals surface area contributed by atoms with E-state index in [2.05, 4.69) is 9.88 Å². The molecule has 0 bridgehead atoms. The fourth-order valence-electron chi connectivity index (χ4n) is 2.64. The Morgan fingerprint density at radius 2 is 2.17 bits per heavy atom. The number of rotatable bonds is 6. The molecule has 0 spiro atoms. The first kappa shape index (κ1) is 16.5. The maximum absolute atomic E-state index is 12.0. The Bertz CT molecular complexity index is 621. The second-order valence-corrected chi connectivity index (χ2v) is 6.87. The highest BCUT2D eigenvalue weighted by molar-refractivity contribution is 7.09. The van der Waals surface area contributed by atoms with E-state index in [9.17, 15) is 4.79 Å². The van der Waals surface area contributed by atoms with Gasteiger partial charge in [-0.05, 0) is 18.6 Å². The van der Waals surface area contributed by atoms with Gasteiger partial charge in [-0.15, -0.1) is 22.9 Å². The van der Waals surface area contributed by atoms with Crippen LogP contribution in [0.5, 0.6) is 0 Å². The monoisotopic (exact) mass is 353 g/mol. The Kier molecular flexibility index (Phi) is 5.70. The molecule has 1 fully saturated rings. The molecule has 1 aliphatic rings. The van der Waals surface area contributed by atoms with Crippen molar-refractivity contribution in [2.45, 2.75) is 19.4 Å². The lowest BCUT2D eigenvalue weighted by Gasteiger charge is -2.34. The lowest BCUT2D eigenvalue weighted by Crippen LogP contribution is -2.48. The zero-order valence-electron chi connectivity index (χ0n) is 12.9. The van der Waals surface area contributed by atoms with Crippen molar-refractivity contribution >= 4 is 28.8 Å². The Morgan fingerprint density at radius 3 is 2.87 bits per heavy atom. The predicted octanol–water partition coefficient (Wildman–Crippen LogP) is 3.07. The first-order valence-corrected chi connectivity index (χ1v) is 9.22. The van der Waals surface area contributed by atoms with E-state index in [1.54, 1.807) is 17.6 Å². The quantitative estimate of drug-likeness (QED) is 0.749. The van der Waals surface area contributed by atoms with E-state index in [1.165, 1.54) is 0 Å². The molecule has 1 aliphatic heterocycles. The largest absolute Gasteiger partial charge is 0.463 e. The third-order valence-corrected chi connectivity index (χ3v) is 5.03. The number of aromatic nitrogens is 1. The smallest absolute Gasteiger partial charge is 0.222 e. The maximum Gasteiger partial charge on any atom is 0.222 e. The third-order valence-electron chi connectivity index (χ3n) is 3.93. The van der Waals surface area contributed by atoms with Gasteiger partial charge >= 0.3 is 0 Å². The summed E-state index contributed by atoms with van der Waals surface area (Å²) in [6.07, 6.45) is 2.98. The molecule has 0 aromatic carbocycles. The molecule has 0 unspecified atom stereocenters. The van der Waals surface area contributed by atoms with Crippen molar-refractivity contribution in [3.05, 3.63) is 28.8 Å². The summed E-state index contributed by atoms with van der Waals surface area (Å²) < 4.78 is 5.37. The second kappa shape index (κ2) is 7.95. The third kappa shape index (κ3) is 4.34. The lowest BCUT2D eigenvalue weighted by atomic mass is 10.2. The molecule has 2 aromatic heterocycles. The Labute approximate surface area is 144 Å². The number of alkyl halides is 1. The minimum atomic E-state index is 0.222. The van der Waals surface area contributed by atoms with Crippen LogP contribution in [0.15, 0.2) is 28.2 Å².